The van der Waals surface area contributed by atoms with Crippen molar-refractivity contribution in [3.8, 4) is 0 Å². The molecule has 3 heteroatoms. The maximum atomic E-state index is 11.5. The third-order valence-electron chi connectivity index (χ3n) is 3.65. The van der Waals surface area contributed by atoms with Gasteiger partial charge < -0.3 is 10.6 Å². The van der Waals surface area contributed by atoms with Crippen LogP contribution in [-0.4, -0.2) is 30.4 Å². The van der Waals surface area contributed by atoms with Gasteiger partial charge in [0.1, 0.15) is 0 Å². The summed E-state index contributed by atoms with van der Waals surface area (Å²) in [5, 5.41) is 0. The molecule has 0 radical (unpaired) electrons. The van der Waals surface area contributed by atoms with Gasteiger partial charge >= 0.3 is 0 Å². The van der Waals surface area contributed by atoms with Gasteiger partial charge in [0.25, 0.3) is 0 Å². The van der Waals surface area contributed by atoms with E-state index < -0.39 is 0 Å². The van der Waals surface area contributed by atoms with Crippen LogP contribution in [0.5, 0.6) is 0 Å². The van der Waals surface area contributed by atoms with Gasteiger partial charge in [0.05, 0.1) is 0 Å². The monoisotopic (exact) mass is 224 g/mol. The van der Waals surface area contributed by atoms with Gasteiger partial charge in [-0.3, -0.25) is 4.79 Å². The lowest BCUT2D eigenvalue weighted by Crippen LogP contribution is -2.35. The topological polar surface area (TPSA) is 46.3 Å². The minimum atomic E-state index is 0.0587. The van der Waals surface area contributed by atoms with Gasteiger partial charge in [-0.25, -0.2) is 0 Å². The third kappa shape index (κ3) is 3.63. The maximum absolute atomic E-state index is 11.5. The molecule has 0 aliphatic heterocycles. The van der Waals surface area contributed by atoms with Crippen LogP contribution in [-0.2, 0) is 4.79 Å². The molecule has 0 unspecified atom stereocenters. The number of hydrogen-bond donors (Lipinski definition) is 1. The fraction of sp³-hybridized carbons (Fsp3) is 0.769. The lowest BCUT2D eigenvalue weighted by atomic mass is 9.82. The highest BCUT2D eigenvalue weighted by Crippen LogP contribution is 2.28. The summed E-state index contributed by atoms with van der Waals surface area (Å²) in [6.45, 7) is 8.04. The summed E-state index contributed by atoms with van der Waals surface area (Å²) in [4.78, 5) is 13.4. The van der Waals surface area contributed by atoms with Crippen LogP contribution in [0.4, 0.5) is 0 Å². The first-order valence-electron chi connectivity index (χ1n) is 6.32. The Morgan fingerprint density at radius 1 is 1.38 bits per heavy atom. The third-order valence-corrected chi connectivity index (χ3v) is 3.65. The second kappa shape index (κ2) is 6.69. The lowest BCUT2D eigenvalue weighted by Gasteiger charge is -2.31. The van der Waals surface area contributed by atoms with Gasteiger partial charge in [-0.2, -0.15) is 0 Å². The molecule has 0 saturated heterocycles. The van der Waals surface area contributed by atoms with Gasteiger partial charge in [-0.15, -0.1) is 0 Å². The molecule has 0 aromatic heterocycles. The largest absolute Gasteiger partial charge is 0.339 e. The van der Waals surface area contributed by atoms with E-state index in [0.29, 0.717) is 11.8 Å². The summed E-state index contributed by atoms with van der Waals surface area (Å²) in [5.74, 6) is 1.43. The summed E-state index contributed by atoms with van der Waals surface area (Å²) in [7, 11) is 0. The van der Waals surface area contributed by atoms with Crippen LogP contribution < -0.4 is 5.73 Å². The number of carbonyl (C=O) groups excluding carboxylic acids is 1. The number of amides is 1. The Hall–Kier alpha value is -0.830. The molecule has 0 atom stereocenters. The summed E-state index contributed by atoms with van der Waals surface area (Å²) in [6.07, 6.45) is 6.28. The summed E-state index contributed by atoms with van der Waals surface area (Å²) >= 11 is 0. The molecule has 92 valence electrons. The summed E-state index contributed by atoms with van der Waals surface area (Å²) in [5.41, 5.74) is 5.67. The molecule has 2 N–H and O–H groups in total. The molecule has 0 aromatic rings. The molecule has 1 aliphatic carbocycles. The van der Waals surface area contributed by atoms with Crippen LogP contribution in [0, 0.1) is 11.8 Å². The van der Waals surface area contributed by atoms with Crippen LogP contribution in [0.2, 0.25) is 0 Å². The van der Waals surface area contributed by atoms with Crippen molar-refractivity contribution >= 4 is 5.91 Å². The predicted molar refractivity (Wildman–Crippen MR) is 67.0 cm³/mol. The minimum absolute atomic E-state index is 0.0587. The van der Waals surface area contributed by atoms with Gasteiger partial charge in [0.2, 0.25) is 5.91 Å². The molecule has 0 heterocycles. The van der Waals surface area contributed by atoms with Crippen molar-refractivity contribution in [2.24, 2.45) is 17.6 Å². The Bertz CT molecular complexity index is 232. The Morgan fingerprint density at radius 2 is 1.94 bits per heavy atom. The van der Waals surface area contributed by atoms with Crippen LogP contribution in [0.3, 0.4) is 0 Å². The van der Waals surface area contributed by atoms with Crippen molar-refractivity contribution in [1.82, 2.24) is 4.90 Å². The quantitative estimate of drug-likeness (QED) is 0.724. The molecule has 3 nitrogen and oxygen atoms in total. The van der Waals surface area contributed by atoms with Crippen LogP contribution >= 0.6 is 0 Å². The standard InChI is InChI=1S/C13H24N2O/c1-3-13(16)15(4-2)10-12-7-5-11(9-14)6-8-12/h3,11-12H,1,4-10,14H2,2H3. The second-order valence-electron chi connectivity index (χ2n) is 4.70. The first-order valence-corrected chi connectivity index (χ1v) is 6.32. The smallest absolute Gasteiger partial charge is 0.245 e. The van der Waals surface area contributed by atoms with Crippen molar-refractivity contribution in [3.63, 3.8) is 0 Å². The number of nitrogens with zero attached hydrogens (tertiary/aromatic N) is 1. The van der Waals surface area contributed by atoms with Gasteiger partial charge in [0, 0.05) is 13.1 Å². The van der Waals surface area contributed by atoms with Crippen molar-refractivity contribution in [2.75, 3.05) is 19.6 Å². The molecule has 0 bridgehead atoms. The average Bonchev–Trinajstić information content (AvgIpc) is 2.35. The van der Waals surface area contributed by atoms with Crippen molar-refractivity contribution in [1.29, 1.82) is 0 Å². The van der Waals surface area contributed by atoms with E-state index in [-0.39, 0.29) is 5.91 Å². The molecule has 0 spiro atoms. The molecule has 1 fully saturated rings. The fourth-order valence-corrected chi connectivity index (χ4v) is 2.47. The first-order chi connectivity index (χ1) is 7.71. The van der Waals surface area contributed by atoms with Gasteiger partial charge in [-0.1, -0.05) is 6.58 Å². The second-order valence-corrected chi connectivity index (χ2v) is 4.70. The molecular formula is C13H24N2O. The zero-order valence-corrected chi connectivity index (χ0v) is 10.3. The molecule has 0 aromatic carbocycles. The van der Waals surface area contributed by atoms with E-state index in [1.165, 1.54) is 31.8 Å². The zero-order chi connectivity index (χ0) is 12.0. The fourth-order valence-electron chi connectivity index (χ4n) is 2.47. The minimum Gasteiger partial charge on any atom is -0.339 e. The molecule has 1 aliphatic rings. The van der Waals surface area contributed by atoms with E-state index >= 15 is 0 Å². The van der Waals surface area contributed by atoms with Crippen LogP contribution in [0.15, 0.2) is 12.7 Å². The van der Waals surface area contributed by atoms with Crippen LogP contribution in [0.25, 0.3) is 0 Å². The van der Waals surface area contributed by atoms with Gasteiger partial charge in [0.15, 0.2) is 0 Å². The predicted octanol–water partition coefficient (Wildman–Crippen LogP) is 1.79. The van der Waals surface area contributed by atoms with E-state index in [2.05, 4.69) is 6.58 Å². The lowest BCUT2D eigenvalue weighted by molar-refractivity contribution is -0.126. The normalized spacial score (nSPS) is 25.1. The van der Waals surface area contributed by atoms with E-state index in [1.54, 1.807) is 0 Å². The molecular weight excluding hydrogens is 200 g/mol. The van der Waals surface area contributed by atoms with Crippen LogP contribution in [0.1, 0.15) is 32.6 Å². The first kappa shape index (κ1) is 13.2. The van der Waals surface area contributed by atoms with E-state index in [4.69, 9.17) is 5.73 Å². The molecule has 1 amide bonds. The molecule has 1 saturated carbocycles. The van der Waals surface area contributed by atoms with Gasteiger partial charge in [-0.05, 0) is 57.1 Å². The Balaban J connectivity index is 2.36. The summed E-state index contributed by atoms with van der Waals surface area (Å²) in [6, 6.07) is 0. The Kier molecular flexibility index (Phi) is 5.53. The zero-order valence-electron chi connectivity index (χ0n) is 10.3. The number of carbonyl (C=O) groups is 1. The average molecular weight is 224 g/mol. The Morgan fingerprint density at radius 3 is 2.38 bits per heavy atom. The maximum Gasteiger partial charge on any atom is 0.245 e. The number of rotatable bonds is 5. The summed E-state index contributed by atoms with van der Waals surface area (Å²) < 4.78 is 0. The Labute approximate surface area is 98.7 Å². The van der Waals surface area contributed by atoms with E-state index in [1.807, 2.05) is 11.8 Å². The highest BCUT2D eigenvalue weighted by molar-refractivity contribution is 5.86. The molecule has 16 heavy (non-hydrogen) atoms. The molecule has 1 rings (SSSR count). The van der Waals surface area contributed by atoms with E-state index in [9.17, 15) is 4.79 Å². The number of likely N-dealkylation sites (N-methyl/N-ethyl adjacent to an activating group) is 1. The highest BCUT2D eigenvalue weighted by Gasteiger charge is 2.22. The number of nitrogens with two attached hydrogens (primary N) is 1. The highest BCUT2D eigenvalue weighted by atomic mass is 16.2. The number of hydrogen-bond acceptors (Lipinski definition) is 2. The van der Waals surface area contributed by atoms with Crippen molar-refractivity contribution in [2.45, 2.75) is 32.6 Å². The van der Waals surface area contributed by atoms with E-state index in [0.717, 1.165) is 19.6 Å². The van der Waals surface area contributed by atoms with Crippen molar-refractivity contribution < 1.29 is 4.79 Å². The SMILES string of the molecule is C=CC(=O)N(CC)CC1CCC(CN)CC1. The van der Waals surface area contributed by atoms with Crippen molar-refractivity contribution in [3.05, 3.63) is 12.7 Å².